The number of carbonyl (C=O) groups excluding carboxylic acids is 1. The maximum atomic E-state index is 13.9. The lowest BCUT2D eigenvalue weighted by molar-refractivity contribution is -0.144. The number of carbonyl (C=O) groups is 1. The van der Waals surface area contributed by atoms with Gasteiger partial charge in [0.1, 0.15) is 11.9 Å². The number of methoxy groups -OCH3 is 1. The van der Waals surface area contributed by atoms with Gasteiger partial charge in [-0.3, -0.25) is 10.1 Å². The highest BCUT2D eigenvalue weighted by molar-refractivity contribution is 5.76. The molecule has 0 fully saturated rings. The number of hydrogen-bond acceptors (Lipinski definition) is 3. The predicted molar refractivity (Wildman–Crippen MR) is 77.8 cm³/mol. The van der Waals surface area contributed by atoms with Crippen molar-refractivity contribution in [1.29, 1.82) is 0 Å². The summed E-state index contributed by atoms with van der Waals surface area (Å²) in [6, 6.07) is 6.04. The molecule has 112 valence electrons. The number of rotatable bonds is 7. The van der Waals surface area contributed by atoms with Gasteiger partial charge in [0.15, 0.2) is 0 Å². The van der Waals surface area contributed by atoms with Crippen molar-refractivity contribution in [3.8, 4) is 0 Å². The molecule has 0 bridgehead atoms. The van der Waals surface area contributed by atoms with Gasteiger partial charge in [-0.25, -0.2) is 4.39 Å². The van der Waals surface area contributed by atoms with Crippen LogP contribution in [-0.4, -0.2) is 19.1 Å². The van der Waals surface area contributed by atoms with Crippen molar-refractivity contribution in [3.63, 3.8) is 0 Å². The molecule has 0 saturated carbocycles. The highest BCUT2D eigenvalue weighted by Gasteiger charge is 2.28. The Bertz CT molecular complexity index is 436. The molecule has 0 saturated heterocycles. The molecule has 0 spiro atoms. The summed E-state index contributed by atoms with van der Waals surface area (Å²) in [5.41, 5.74) is 0.590. The van der Waals surface area contributed by atoms with E-state index in [9.17, 15) is 9.18 Å². The SMILES string of the molecule is CCC(NC(C(=O)OC)C(C)CC)c1ccccc1F. The molecule has 0 amide bonds. The van der Waals surface area contributed by atoms with Crippen LogP contribution >= 0.6 is 0 Å². The molecule has 1 rings (SSSR count). The fourth-order valence-corrected chi connectivity index (χ4v) is 2.23. The highest BCUT2D eigenvalue weighted by atomic mass is 19.1. The maximum Gasteiger partial charge on any atom is 0.323 e. The summed E-state index contributed by atoms with van der Waals surface area (Å²) in [5.74, 6) is -0.419. The summed E-state index contributed by atoms with van der Waals surface area (Å²) in [6.45, 7) is 5.98. The molecular weight excluding hydrogens is 257 g/mol. The molecule has 1 aromatic carbocycles. The summed E-state index contributed by atoms with van der Waals surface area (Å²) < 4.78 is 18.7. The van der Waals surface area contributed by atoms with E-state index in [2.05, 4.69) is 5.32 Å². The van der Waals surface area contributed by atoms with Crippen LogP contribution in [0.2, 0.25) is 0 Å². The quantitative estimate of drug-likeness (QED) is 0.778. The summed E-state index contributed by atoms with van der Waals surface area (Å²) in [7, 11) is 1.38. The third-order valence-corrected chi connectivity index (χ3v) is 3.74. The lowest BCUT2D eigenvalue weighted by Crippen LogP contribution is -2.44. The molecular formula is C16H24FNO2. The van der Waals surface area contributed by atoms with Gasteiger partial charge < -0.3 is 4.74 Å². The van der Waals surface area contributed by atoms with Crippen molar-refractivity contribution in [3.05, 3.63) is 35.6 Å². The van der Waals surface area contributed by atoms with Crippen LogP contribution in [0.3, 0.4) is 0 Å². The van der Waals surface area contributed by atoms with Gasteiger partial charge in [-0.1, -0.05) is 45.4 Å². The molecule has 3 unspecified atom stereocenters. The molecule has 4 heteroatoms. The summed E-state index contributed by atoms with van der Waals surface area (Å²) in [5, 5.41) is 3.25. The van der Waals surface area contributed by atoms with Crippen LogP contribution in [0.15, 0.2) is 24.3 Å². The van der Waals surface area contributed by atoms with Gasteiger partial charge >= 0.3 is 5.97 Å². The van der Waals surface area contributed by atoms with Crippen LogP contribution in [0.5, 0.6) is 0 Å². The fourth-order valence-electron chi connectivity index (χ4n) is 2.23. The molecule has 0 aromatic heterocycles. The normalized spacial score (nSPS) is 15.4. The van der Waals surface area contributed by atoms with Crippen molar-refractivity contribution >= 4 is 5.97 Å². The third-order valence-electron chi connectivity index (χ3n) is 3.74. The highest BCUT2D eigenvalue weighted by Crippen LogP contribution is 2.22. The van der Waals surface area contributed by atoms with Crippen molar-refractivity contribution in [2.75, 3.05) is 7.11 Å². The van der Waals surface area contributed by atoms with Crippen LogP contribution in [0.25, 0.3) is 0 Å². The number of benzene rings is 1. The zero-order valence-electron chi connectivity index (χ0n) is 12.7. The zero-order chi connectivity index (χ0) is 15.1. The minimum atomic E-state index is -0.422. The van der Waals surface area contributed by atoms with Gasteiger partial charge in [0.05, 0.1) is 7.11 Å². The third kappa shape index (κ3) is 4.04. The van der Waals surface area contributed by atoms with E-state index in [1.54, 1.807) is 18.2 Å². The lowest BCUT2D eigenvalue weighted by atomic mass is 9.95. The van der Waals surface area contributed by atoms with E-state index in [0.717, 1.165) is 6.42 Å². The van der Waals surface area contributed by atoms with E-state index in [4.69, 9.17) is 4.74 Å². The molecule has 0 aliphatic rings. The average molecular weight is 281 g/mol. The first kappa shape index (κ1) is 16.6. The zero-order valence-corrected chi connectivity index (χ0v) is 12.7. The minimum absolute atomic E-state index is 0.128. The Hall–Kier alpha value is -1.42. The van der Waals surface area contributed by atoms with Crippen molar-refractivity contribution in [2.45, 2.75) is 45.7 Å². The van der Waals surface area contributed by atoms with Crippen LogP contribution in [0.1, 0.15) is 45.2 Å². The monoisotopic (exact) mass is 281 g/mol. The van der Waals surface area contributed by atoms with E-state index >= 15 is 0 Å². The van der Waals surface area contributed by atoms with Crippen LogP contribution in [0, 0.1) is 11.7 Å². The number of ether oxygens (including phenoxy) is 1. The standard InChI is InChI=1S/C16H24FNO2/c1-5-11(3)15(16(19)20-4)18-14(6-2)12-9-7-8-10-13(12)17/h7-11,14-15,18H,5-6H2,1-4H3. The van der Waals surface area contributed by atoms with Crippen LogP contribution < -0.4 is 5.32 Å². The largest absolute Gasteiger partial charge is 0.468 e. The average Bonchev–Trinajstić information content (AvgIpc) is 2.48. The second kappa shape index (κ2) is 8.00. The van der Waals surface area contributed by atoms with Gasteiger partial charge in [-0.05, 0) is 18.4 Å². The lowest BCUT2D eigenvalue weighted by Gasteiger charge is -2.27. The Morgan fingerprint density at radius 3 is 2.45 bits per heavy atom. The Labute approximate surface area is 120 Å². The fraction of sp³-hybridized carbons (Fsp3) is 0.562. The van der Waals surface area contributed by atoms with Gasteiger partial charge in [-0.15, -0.1) is 0 Å². The number of halogens is 1. The van der Waals surface area contributed by atoms with Crippen LogP contribution in [-0.2, 0) is 9.53 Å². The number of hydrogen-bond donors (Lipinski definition) is 1. The molecule has 3 atom stereocenters. The first-order chi connectivity index (χ1) is 9.54. The van der Waals surface area contributed by atoms with E-state index in [1.165, 1.54) is 13.2 Å². The first-order valence-corrected chi connectivity index (χ1v) is 7.13. The van der Waals surface area contributed by atoms with Gasteiger partial charge in [-0.2, -0.15) is 0 Å². The van der Waals surface area contributed by atoms with E-state index < -0.39 is 6.04 Å². The summed E-state index contributed by atoms with van der Waals surface area (Å²) in [4.78, 5) is 11.9. The maximum absolute atomic E-state index is 13.9. The topological polar surface area (TPSA) is 38.3 Å². The molecule has 0 aliphatic heterocycles. The van der Waals surface area contributed by atoms with Gasteiger partial charge in [0.2, 0.25) is 0 Å². The molecule has 0 radical (unpaired) electrons. The second-order valence-corrected chi connectivity index (χ2v) is 5.04. The molecule has 20 heavy (non-hydrogen) atoms. The Balaban J connectivity index is 2.95. The number of esters is 1. The molecule has 1 N–H and O–H groups in total. The predicted octanol–water partition coefficient (Wildman–Crippen LogP) is 3.45. The molecule has 1 aromatic rings. The molecule has 3 nitrogen and oxygen atoms in total. The Kier molecular flexibility index (Phi) is 6.65. The van der Waals surface area contributed by atoms with E-state index in [1.807, 2.05) is 20.8 Å². The minimum Gasteiger partial charge on any atom is -0.468 e. The van der Waals surface area contributed by atoms with Gasteiger partial charge in [0.25, 0.3) is 0 Å². The van der Waals surface area contributed by atoms with Crippen molar-refractivity contribution < 1.29 is 13.9 Å². The van der Waals surface area contributed by atoms with E-state index in [0.29, 0.717) is 12.0 Å². The molecule has 0 heterocycles. The Morgan fingerprint density at radius 1 is 1.30 bits per heavy atom. The summed E-state index contributed by atoms with van der Waals surface area (Å²) in [6.07, 6.45) is 1.55. The smallest absolute Gasteiger partial charge is 0.323 e. The van der Waals surface area contributed by atoms with E-state index in [-0.39, 0.29) is 23.7 Å². The Morgan fingerprint density at radius 2 is 1.95 bits per heavy atom. The summed E-state index contributed by atoms with van der Waals surface area (Å²) >= 11 is 0. The second-order valence-electron chi connectivity index (χ2n) is 5.04. The first-order valence-electron chi connectivity index (χ1n) is 7.13. The molecule has 0 aliphatic carbocycles. The van der Waals surface area contributed by atoms with Crippen molar-refractivity contribution in [2.24, 2.45) is 5.92 Å². The van der Waals surface area contributed by atoms with Gasteiger partial charge in [0, 0.05) is 11.6 Å². The number of nitrogens with one attached hydrogen (secondary N) is 1. The van der Waals surface area contributed by atoms with Crippen LogP contribution in [0.4, 0.5) is 4.39 Å². The van der Waals surface area contributed by atoms with Crippen molar-refractivity contribution in [1.82, 2.24) is 5.32 Å².